The average molecular weight is 379 g/mol. The number of rotatable bonds is 4. The number of halogens is 3. The number of amides is 1. The third-order valence-corrected chi connectivity index (χ3v) is 3.45. The van der Waals surface area contributed by atoms with Gasteiger partial charge in [-0.3, -0.25) is 4.79 Å². The minimum absolute atomic E-state index is 0.0193. The molecule has 1 N–H and O–H groups in total. The van der Waals surface area contributed by atoms with E-state index in [0.717, 1.165) is 12.3 Å². The van der Waals surface area contributed by atoms with Crippen molar-refractivity contribution < 1.29 is 13.9 Å². The van der Waals surface area contributed by atoms with Gasteiger partial charge < -0.3 is 10.1 Å². The van der Waals surface area contributed by atoms with Crippen LogP contribution in [-0.2, 0) is 0 Å². The Balaban J connectivity index is 1.81. The Morgan fingerprint density at radius 2 is 1.80 bits per heavy atom. The van der Waals surface area contributed by atoms with E-state index in [1.165, 1.54) is 36.9 Å². The van der Waals surface area contributed by atoms with Crippen molar-refractivity contribution in [3.63, 3.8) is 0 Å². The van der Waals surface area contributed by atoms with Crippen LogP contribution in [0.25, 0.3) is 0 Å². The standard InChI is InChI=1S/C16H9Cl2FN4O2/c17-10-1-9(2-11(3-10)25-12-5-20-8-21-6-12)16(24)23-15-4-14(19)13(18)7-22-15/h1-8H,(H,22,23,24). The summed E-state index contributed by atoms with van der Waals surface area (Å²) in [6.07, 6.45) is 5.40. The number of hydrogen-bond acceptors (Lipinski definition) is 5. The molecular weight excluding hydrogens is 370 g/mol. The molecule has 9 heteroatoms. The van der Waals surface area contributed by atoms with Gasteiger partial charge in [0.05, 0.1) is 23.6 Å². The second-order valence-corrected chi connectivity index (χ2v) is 5.63. The number of carbonyl (C=O) groups is 1. The fraction of sp³-hybridized carbons (Fsp3) is 0. The summed E-state index contributed by atoms with van der Waals surface area (Å²) in [6, 6.07) is 5.47. The Bertz CT molecular complexity index is 925. The maximum absolute atomic E-state index is 13.4. The molecular formula is C16H9Cl2FN4O2. The topological polar surface area (TPSA) is 77.0 Å². The number of anilines is 1. The third-order valence-electron chi connectivity index (χ3n) is 2.96. The molecule has 0 aliphatic carbocycles. The number of nitrogens with one attached hydrogen (secondary N) is 1. The Morgan fingerprint density at radius 3 is 2.52 bits per heavy atom. The van der Waals surface area contributed by atoms with Crippen molar-refractivity contribution in [1.29, 1.82) is 0 Å². The first-order valence-electron chi connectivity index (χ1n) is 6.87. The number of pyridine rings is 1. The predicted octanol–water partition coefficient (Wildman–Crippen LogP) is 4.36. The fourth-order valence-corrected chi connectivity index (χ4v) is 2.23. The normalized spacial score (nSPS) is 10.4. The predicted molar refractivity (Wildman–Crippen MR) is 90.7 cm³/mol. The van der Waals surface area contributed by atoms with Crippen molar-refractivity contribution in [3.8, 4) is 11.5 Å². The summed E-state index contributed by atoms with van der Waals surface area (Å²) in [5.41, 5.74) is 0.205. The van der Waals surface area contributed by atoms with Crippen LogP contribution in [0.15, 0.2) is 49.2 Å². The summed E-state index contributed by atoms with van der Waals surface area (Å²) in [6.45, 7) is 0. The Kier molecular flexibility index (Phi) is 5.06. The van der Waals surface area contributed by atoms with Gasteiger partial charge in [-0.05, 0) is 18.2 Å². The number of benzene rings is 1. The quantitative estimate of drug-likeness (QED) is 0.729. The molecule has 2 heterocycles. The van der Waals surface area contributed by atoms with Crippen LogP contribution in [0.4, 0.5) is 10.2 Å². The molecule has 6 nitrogen and oxygen atoms in total. The zero-order chi connectivity index (χ0) is 17.8. The largest absolute Gasteiger partial charge is 0.454 e. The van der Waals surface area contributed by atoms with Crippen LogP contribution < -0.4 is 10.1 Å². The molecule has 1 amide bonds. The maximum atomic E-state index is 13.4. The van der Waals surface area contributed by atoms with Gasteiger partial charge in [0.2, 0.25) is 0 Å². The van der Waals surface area contributed by atoms with E-state index in [0.29, 0.717) is 11.5 Å². The molecule has 3 aromatic rings. The lowest BCUT2D eigenvalue weighted by Gasteiger charge is -2.09. The average Bonchev–Trinajstić information content (AvgIpc) is 2.58. The molecule has 2 aromatic heterocycles. The number of nitrogens with zero attached hydrogens (tertiary/aromatic N) is 3. The third kappa shape index (κ3) is 4.40. The summed E-state index contributed by atoms with van der Waals surface area (Å²) in [5, 5.41) is 2.61. The lowest BCUT2D eigenvalue weighted by atomic mass is 10.2. The molecule has 126 valence electrons. The van der Waals surface area contributed by atoms with Gasteiger partial charge in [-0.25, -0.2) is 19.3 Å². The van der Waals surface area contributed by atoms with Crippen molar-refractivity contribution in [2.45, 2.75) is 0 Å². The summed E-state index contributed by atoms with van der Waals surface area (Å²) in [4.78, 5) is 23.8. The monoisotopic (exact) mass is 378 g/mol. The molecule has 0 fully saturated rings. The van der Waals surface area contributed by atoms with E-state index >= 15 is 0 Å². The van der Waals surface area contributed by atoms with Crippen LogP contribution in [-0.4, -0.2) is 20.9 Å². The summed E-state index contributed by atoms with van der Waals surface area (Å²) in [5.74, 6) is -0.497. The minimum atomic E-state index is -0.689. The minimum Gasteiger partial charge on any atom is -0.454 e. The smallest absolute Gasteiger partial charge is 0.257 e. The molecule has 0 atom stereocenters. The van der Waals surface area contributed by atoms with E-state index < -0.39 is 11.7 Å². The number of carbonyl (C=O) groups excluding carboxylic acids is 1. The highest BCUT2D eigenvalue weighted by Gasteiger charge is 2.12. The Hall–Kier alpha value is -2.77. The highest BCUT2D eigenvalue weighted by Crippen LogP contribution is 2.26. The van der Waals surface area contributed by atoms with Gasteiger partial charge >= 0.3 is 0 Å². The van der Waals surface area contributed by atoms with Gasteiger partial charge in [0.1, 0.15) is 23.7 Å². The zero-order valence-corrected chi connectivity index (χ0v) is 13.9. The van der Waals surface area contributed by atoms with Crippen LogP contribution in [0.1, 0.15) is 10.4 Å². The van der Waals surface area contributed by atoms with Gasteiger partial charge in [-0.1, -0.05) is 23.2 Å². The van der Waals surface area contributed by atoms with Gasteiger partial charge in [0.25, 0.3) is 5.91 Å². The van der Waals surface area contributed by atoms with Gasteiger partial charge in [0.15, 0.2) is 5.75 Å². The van der Waals surface area contributed by atoms with Gasteiger partial charge in [0, 0.05) is 16.7 Å². The van der Waals surface area contributed by atoms with Crippen LogP contribution >= 0.6 is 23.2 Å². The maximum Gasteiger partial charge on any atom is 0.257 e. The zero-order valence-electron chi connectivity index (χ0n) is 12.4. The van der Waals surface area contributed by atoms with E-state index in [9.17, 15) is 9.18 Å². The van der Waals surface area contributed by atoms with Crippen molar-refractivity contribution in [2.75, 3.05) is 5.32 Å². The van der Waals surface area contributed by atoms with E-state index in [1.807, 2.05) is 0 Å². The Labute approximate surface area is 151 Å². The first-order valence-corrected chi connectivity index (χ1v) is 7.63. The summed E-state index contributed by atoms with van der Waals surface area (Å²) >= 11 is 11.6. The molecule has 0 saturated heterocycles. The van der Waals surface area contributed by atoms with Crippen molar-refractivity contribution >= 4 is 34.9 Å². The fourth-order valence-electron chi connectivity index (χ4n) is 1.90. The molecule has 0 aliphatic rings. The summed E-state index contributed by atoms with van der Waals surface area (Å²) in [7, 11) is 0. The summed E-state index contributed by atoms with van der Waals surface area (Å²) < 4.78 is 19.0. The lowest BCUT2D eigenvalue weighted by Crippen LogP contribution is -2.13. The van der Waals surface area contributed by atoms with E-state index in [1.54, 1.807) is 0 Å². The SMILES string of the molecule is O=C(Nc1cc(F)c(Cl)cn1)c1cc(Cl)cc(Oc2cncnc2)c1. The van der Waals surface area contributed by atoms with E-state index in [4.69, 9.17) is 27.9 Å². The molecule has 25 heavy (non-hydrogen) atoms. The van der Waals surface area contributed by atoms with Crippen molar-refractivity contribution in [1.82, 2.24) is 15.0 Å². The van der Waals surface area contributed by atoms with Crippen LogP contribution in [0.3, 0.4) is 0 Å². The molecule has 0 unspecified atom stereocenters. The lowest BCUT2D eigenvalue weighted by molar-refractivity contribution is 0.102. The highest BCUT2D eigenvalue weighted by atomic mass is 35.5. The number of aromatic nitrogens is 3. The van der Waals surface area contributed by atoms with Crippen molar-refractivity contribution in [2.24, 2.45) is 0 Å². The number of ether oxygens (including phenoxy) is 1. The molecule has 3 rings (SSSR count). The second-order valence-electron chi connectivity index (χ2n) is 4.79. The molecule has 1 aromatic carbocycles. The van der Waals surface area contributed by atoms with Crippen LogP contribution in [0.5, 0.6) is 11.5 Å². The molecule has 0 spiro atoms. The molecule has 0 aliphatic heterocycles. The van der Waals surface area contributed by atoms with Crippen LogP contribution in [0.2, 0.25) is 10.0 Å². The first-order chi connectivity index (χ1) is 12.0. The van der Waals surface area contributed by atoms with E-state index in [-0.39, 0.29) is 21.4 Å². The van der Waals surface area contributed by atoms with E-state index in [2.05, 4.69) is 20.3 Å². The second kappa shape index (κ2) is 7.42. The molecule has 0 radical (unpaired) electrons. The highest BCUT2D eigenvalue weighted by molar-refractivity contribution is 6.31. The van der Waals surface area contributed by atoms with Crippen LogP contribution in [0, 0.1) is 5.82 Å². The molecule has 0 bridgehead atoms. The Morgan fingerprint density at radius 1 is 1.04 bits per heavy atom. The molecule has 0 saturated carbocycles. The number of hydrogen-bond donors (Lipinski definition) is 1. The first kappa shape index (κ1) is 17.1. The van der Waals surface area contributed by atoms with Gasteiger partial charge in [-0.15, -0.1) is 0 Å². The van der Waals surface area contributed by atoms with Crippen molar-refractivity contribution in [3.05, 3.63) is 70.6 Å². The van der Waals surface area contributed by atoms with Gasteiger partial charge in [-0.2, -0.15) is 0 Å².